The molecule has 0 radical (unpaired) electrons. The molecule has 0 N–H and O–H groups in total. The van der Waals surface area contributed by atoms with Crippen LogP contribution in [0.15, 0.2) is 4.99 Å². The van der Waals surface area contributed by atoms with Gasteiger partial charge in [0, 0.05) is 0 Å². The second-order valence-corrected chi connectivity index (χ2v) is 3.34. The van der Waals surface area contributed by atoms with Crippen LogP contribution in [0.25, 0.3) is 0 Å². The van der Waals surface area contributed by atoms with Crippen LogP contribution >= 0.6 is 15.9 Å². The number of ether oxygens (including phenoxy) is 1. The van der Waals surface area contributed by atoms with Crippen LogP contribution in [0.3, 0.4) is 0 Å². The van der Waals surface area contributed by atoms with Crippen LogP contribution < -0.4 is 0 Å². The molecule has 1 aliphatic rings. The molecule has 1 aliphatic heterocycles. The highest BCUT2D eigenvalue weighted by molar-refractivity contribution is 9.09. The first-order valence-electron chi connectivity index (χ1n) is 3.49. The molecule has 58 valence electrons. The van der Waals surface area contributed by atoms with E-state index in [0.29, 0.717) is 12.0 Å². The topological polar surface area (TPSA) is 21.6 Å². The third-order valence-corrected chi connectivity index (χ3v) is 2.09. The van der Waals surface area contributed by atoms with Crippen LogP contribution in [0.1, 0.15) is 13.8 Å². The highest BCUT2D eigenvalue weighted by Gasteiger charge is 2.20. The Labute approximate surface area is 69.8 Å². The lowest BCUT2D eigenvalue weighted by molar-refractivity contribution is 0.290. The average Bonchev–Trinajstić information content (AvgIpc) is 2.34. The maximum atomic E-state index is 5.28. The Bertz CT molecular complexity index is 145. The molecule has 0 fully saturated rings. The third-order valence-electron chi connectivity index (χ3n) is 1.61. The molecule has 0 aromatic rings. The molecular weight excluding hydrogens is 194 g/mol. The Hall–Kier alpha value is -0.0500. The summed E-state index contributed by atoms with van der Waals surface area (Å²) in [6, 6.07) is 0.382. The lowest BCUT2D eigenvalue weighted by Crippen LogP contribution is -2.13. The number of halogens is 1. The van der Waals surface area contributed by atoms with Gasteiger partial charge in [0.15, 0.2) is 5.90 Å². The van der Waals surface area contributed by atoms with Gasteiger partial charge in [-0.15, -0.1) is 0 Å². The second kappa shape index (κ2) is 3.37. The van der Waals surface area contributed by atoms with Crippen LogP contribution in [0, 0.1) is 5.92 Å². The zero-order valence-corrected chi connectivity index (χ0v) is 7.89. The zero-order valence-electron chi connectivity index (χ0n) is 6.30. The van der Waals surface area contributed by atoms with Gasteiger partial charge in [-0.1, -0.05) is 29.8 Å². The average molecular weight is 206 g/mol. The summed E-state index contributed by atoms with van der Waals surface area (Å²) < 4.78 is 5.28. The van der Waals surface area contributed by atoms with E-state index in [1.54, 1.807) is 0 Å². The summed E-state index contributed by atoms with van der Waals surface area (Å²) >= 11 is 3.30. The van der Waals surface area contributed by atoms with Gasteiger partial charge in [0.2, 0.25) is 0 Å². The van der Waals surface area contributed by atoms with Crippen molar-refractivity contribution in [3.63, 3.8) is 0 Å². The largest absolute Gasteiger partial charge is 0.478 e. The molecule has 0 saturated heterocycles. The van der Waals surface area contributed by atoms with Gasteiger partial charge in [-0.2, -0.15) is 0 Å². The zero-order chi connectivity index (χ0) is 7.56. The summed E-state index contributed by atoms with van der Waals surface area (Å²) in [7, 11) is 0. The Morgan fingerprint density at radius 1 is 1.80 bits per heavy atom. The fourth-order valence-corrected chi connectivity index (χ4v) is 1.16. The van der Waals surface area contributed by atoms with Crippen LogP contribution in [-0.2, 0) is 4.74 Å². The van der Waals surface area contributed by atoms with Gasteiger partial charge in [-0.25, -0.2) is 4.99 Å². The minimum absolute atomic E-state index is 0.382. The van der Waals surface area contributed by atoms with Crippen LogP contribution in [0.4, 0.5) is 0 Å². The van der Waals surface area contributed by atoms with E-state index in [-0.39, 0.29) is 0 Å². The maximum Gasteiger partial charge on any atom is 0.194 e. The number of hydrogen-bond donors (Lipinski definition) is 0. The molecule has 2 nitrogen and oxygen atoms in total. The first-order chi connectivity index (χ1) is 4.74. The number of nitrogens with zero attached hydrogens (tertiary/aromatic N) is 1. The normalized spacial score (nSPS) is 24.8. The molecule has 1 atom stereocenters. The fraction of sp³-hybridized carbons (Fsp3) is 0.857. The van der Waals surface area contributed by atoms with Gasteiger partial charge < -0.3 is 4.74 Å². The molecular formula is C7H12BrNO. The third kappa shape index (κ3) is 1.72. The van der Waals surface area contributed by atoms with Gasteiger partial charge in [0.05, 0.1) is 11.4 Å². The van der Waals surface area contributed by atoms with Crippen molar-refractivity contribution in [1.29, 1.82) is 0 Å². The molecule has 10 heavy (non-hydrogen) atoms. The number of aliphatic imine (C=N–C) groups is 1. The number of alkyl halides is 1. The van der Waals surface area contributed by atoms with E-state index in [2.05, 4.69) is 34.8 Å². The van der Waals surface area contributed by atoms with Gasteiger partial charge in [-0.3, -0.25) is 0 Å². The molecule has 0 aromatic heterocycles. The fourth-order valence-electron chi connectivity index (χ4n) is 0.856. The number of hydrogen-bond acceptors (Lipinski definition) is 2. The van der Waals surface area contributed by atoms with Crippen molar-refractivity contribution in [2.75, 3.05) is 11.9 Å². The Balaban J connectivity index is 2.47. The van der Waals surface area contributed by atoms with Gasteiger partial charge in [0.1, 0.15) is 6.61 Å². The lowest BCUT2D eigenvalue weighted by Gasteiger charge is -2.06. The van der Waals surface area contributed by atoms with Crippen molar-refractivity contribution < 1.29 is 4.74 Å². The Morgan fingerprint density at radius 3 is 2.80 bits per heavy atom. The van der Waals surface area contributed by atoms with Crippen LogP contribution in [-0.4, -0.2) is 23.9 Å². The Morgan fingerprint density at radius 2 is 2.50 bits per heavy atom. The van der Waals surface area contributed by atoms with Crippen LogP contribution in [0.5, 0.6) is 0 Å². The molecule has 1 heterocycles. The molecule has 0 bridgehead atoms. The van der Waals surface area contributed by atoms with Crippen LogP contribution in [0.2, 0.25) is 0 Å². The summed E-state index contributed by atoms with van der Waals surface area (Å²) in [4.78, 5) is 4.35. The molecule has 0 aliphatic carbocycles. The summed E-state index contributed by atoms with van der Waals surface area (Å²) in [6.45, 7) is 5.09. The second-order valence-electron chi connectivity index (χ2n) is 2.78. The Kier molecular flexibility index (Phi) is 2.72. The highest BCUT2D eigenvalue weighted by Crippen LogP contribution is 2.13. The molecule has 0 amide bonds. The van der Waals surface area contributed by atoms with Crippen molar-refractivity contribution in [3.8, 4) is 0 Å². The minimum atomic E-state index is 0.382. The van der Waals surface area contributed by atoms with E-state index in [1.807, 2.05) is 0 Å². The SMILES string of the molecule is CC(C)[C@H]1COC(CBr)=N1. The van der Waals surface area contributed by atoms with Gasteiger partial charge >= 0.3 is 0 Å². The number of rotatable bonds is 2. The van der Waals surface area contributed by atoms with Crippen molar-refractivity contribution in [2.24, 2.45) is 10.9 Å². The molecule has 0 unspecified atom stereocenters. The van der Waals surface area contributed by atoms with E-state index in [1.165, 1.54) is 0 Å². The monoisotopic (exact) mass is 205 g/mol. The predicted octanol–water partition coefficient (Wildman–Crippen LogP) is 1.83. The minimum Gasteiger partial charge on any atom is -0.478 e. The van der Waals surface area contributed by atoms with Gasteiger partial charge in [-0.05, 0) is 5.92 Å². The first kappa shape index (κ1) is 8.05. The van der Waals surface area contributed by atoms with Crippen molar-refractivity contribution in [3.05, 3.63) is 0 Å². The van der Waals surface area contributed by atoms with E-state index in [0.717, 1.165) is 17.8 Å². The maximum absolute atomic E-state index is 5.28. The summed E-state index contributed by atoms with van der Waals surface area (Å²) in [6.07, 6.45) is 0. The molecule has 0 aromatic carbocycles. The molecule has 0 spiro atoms. The first-order valence-corrected chi connectivity index (χ1v) is 4.61. The standard InChI is InChI=1S/C7H12BrNO/c1-5(2)6-4-10-7(3-8)9-6/h5-6H,3-4H2,1-2H3/t6-/m1/s1. The summed E-state index contributed by atoms with van der Waals surface area (Å²) in [5.74, 6) is 1.44. The predicted molar refractivity (Wildman–Crippen MR) is 45.8 cm³/mol. The molecule has 1 rings (SSSR count). The van der Waals surface area contributed by atoms with Gasteiger partial charge in [0.25, 0.3) is 0 Å². The van der Waals surface area contributed by atoms with Crippen molar-refractivity contribution >= 4 is 21.8 Å². The van der Waals surface area contributed by atoms with Crippen molar-refractivity contribution in [1.82, 2.24) is 0 Å². The molecule has 0 saturated carbocycles. The lowest BCUT2D eigenvalue weighted by atomic mass is 10.1. The van der Waals surface area contributed by atoms with E-state index >= 15 is 0 Å². The van der Waals surface area contributed by atoms with E-state index in [4.69, 9.17) is 4.74 Å². The quantitative estimate of drug-likeness (QED) is 0.631. The highest BCUT2D eigenvalue weighted by atomic mass is 79.9. The molecule has 3 heteroatoms. The smallest absolute Gasteiger partial charge is 0.194 e. The summed E-state index contributed by atoms with van der Waals surface area (Å²) in [5, 5.41) is 0.746. The van der Waals surface area contributed by atoms with E-state index in [9.17, 15) is 0 Å². The summed E-state index contributed by atoms with van der Waals surface area (Å²) in [5.41, 5.74) is 0. The van der Waals surface area contributed by atoms with E-state index < -0.39 is 0 Å². The van der Waals surface area contributed by atoms with Crippen molar-refractivity contribution in [2.45, 2.75) is 19.9 Å².